The van der Waals surface area contributed by atoms with Crippen LogP contribution in [-0.4, -0.2) is 38.2 Å². The van der Waals surface area contributed by atoms with Crippen molar-refractivity contribution < 1.29 is 13.2 Å². The minimum absolute atomic E-state index is 0.154. The van der Waals surface area contributed by atoms with E-state index >= 15 is 0 Å². The highest BCUT2D eigenvalue weighted by molar-refractivity contribution is 7.90. The molecule has 1 aromatic rings. The van der Waals surface area contributed by atoms with Gasteiger partial charge in [0.1, 0.15) is 10.7 Å². The Kier molecular flexibility index (Phi) is 4.89. The summed E-state index contributed by atoms with van der Waals surface area (Å²) >= 11 is 0. The van der Waals surface area contributed by atoms with E-state index < -0.39 is 10.0 Å². The summed E-state index contributed by atoms with van der Waals surface area (Å²) in [5, 5.41) is 3.06. The normalized spacial score (nSPS) is 22.3. The first-order valence-electron chi connectivity index (χ1n) is 8.43. The number of amides is 1. The zero-order valence-corrected chi connectivity index (χ0v) is 14.7. The number of rotatable bonds is 4. The molecule has 1 aromatic carbocycles. The third-order valence-electron chi connectivity index (χ3n) is 4.49. The molecular formula is C17H23N3O3S. The molecule has 6 nitrogen and oxygen atoms in total. The van der Waals surface area contributed by atoms with Gasteiger partial charge in [-0.1, -0.05) is 19.1 Å². The van der Waals surface area contributed by atoms with Crippen LogP contribution in [0.4, 0.5) is 5.69 Å². The first-order chi connectivity index (χ1) is 11.5. The summed E-state index contributed by atoms with van der Waals surface area (Å²) in [6.07, 6.45) is 3.71. The van der Waals surface area contributed by atoms with E-state index in [2.05, 4.69) is 16.6 Å². The number of likely N-dealkylation sites (tertiary alicyclic amines) is 1. The van der Waals surface area contributed by atoms with Crippen LogP contribution >= 0.6 is 0 Å². The molecule has 0 radical (unpaired) electrons. The van der Waals surface area contributed by atoms with Gasteiger partial charge in [0.2, 0.25) is 5.91 Å². The monoisotopic (exact) mass is 349 g/mol. The minimum atomic E-state index is -3.64. The lowest BCUT2D eigenvalue weighted by atomic mass is 10.00. The van der Waals surface area contributed by atoms with E-state index in [1.165, 1.54) is 6.42 Å². The fourth-order valence-electron chi connectivity index (χ4n) is 3.26. The van der Waals surface area contributed by atoms with Crippen LogP contribution in [0.25, 0.3) is 0 Å². The predicted octanol–water partition coefficient (Wildman–Crippen LogP) is 2.63. The van der Waals surface area contributed by atoms with Crippen LogP contribution in [0, 0.1) is 5.92 Å². The summed E-state index contributed by atoms with van der Waals surface area (Å²) in [4.78, 5) is 14.4. The van der Waals surface area contributed by atoms with E-state index in [0.29, 0.717) is 36.7 Å². The van der Waals surface area contributed by atoms with E-state index in [1.807, 2.05) is 4.90 Å². The van der Waals surface area contributed by atoms with Crippen molar-refractivity contribution in [2.24, 2.45) is 10.3 Å². The molecule has 2 aliphatic heterocycles. The smallest absolute Gasteiger partial charge is 0.286 e. The summed E-state index contributed by atoms with van der Waals surface area (Å²) in [5.74, 6) is 1.13. The molecule has 1 atom stereocenters. The largest absolute Gasteiger partial charge is 0.342 e. The summed E-state index contributed by atoms with van der Waals surface area (Å²) in [6.45, 7) is 3.84. The Morgan fingerprint density at radius 3 is 2.96 bits per heavy atom. The van der Waals surface area contributed by atoms with E-state index in [1.54, 1.807) is 24.3 Å². The second kappa shape index (κ2) is 6.93. The van der Waals surface area contributed by atoms with Crippen LogP contribution in [0.2, 0.25) is 0 Å². The van der Waals surface area contributed by atoms with Crippen molar-refractivity contribution in [3.05, 3.63) is 24.3 Å². The van der Waals surface area contributed by atoms with Crippen molar-refractivity contribution >= 4 is 27.5 Å². The molecule has 1 fully saturated rings. The highest BCUT2D eigenvalue weighted by Crippen LogP contribution is 2.27. The molecule has 0 aliphatic carbocycles. The van der Waals surface area contributed by atoms with Gasteiger partial charge in [0, 0.05) is 25.9 Å². The molecule has 2 heterocycles. The Bertz CT molecular complexity index is 758. The van der Waals surface area contributed by atoms with Crippen LogP contribution in [0.1, 0.15) is 39.0 Å². The van der Waals surface area contributed by atoms with E-state index in [0.717, 1.165) is 19.5 Å². The molecule has 2 aliphatic rings. The minimum Gasteiger partial charge on any atom is -0.342 e. The Hall–Kier alpha value is -1.89. The molecule has 7 heteroatoms. The number of amidine groups is 1. The standard InChI is InChI=1S/C17H23N3O3S/c1-13-6-5-11-20(12-13)17(21)10-4-9-16-18-14-7-2-3-8-15(14)24(22,23)19-16/h2-3,7-8,13H,4-6,9-12H2,1H3,(H,18,19). The van der Waals surface area contributed by atoms with Gasteiger partial charge in [0.05, 0.1) is 5.69 Å². The molecule has 0 saturated carbocycles. The van der Waals surface area contributed by atoms with Crippen LogP contribution in [0.3, 0.4) is 0 Å². The maximum atomic E-state index is 12.3. The molecule has 0 aromatic heterocycles. The molecule has 1 amide bonds. The van der Waals surface area contributed by atoms with Crippen molar-refractivity contribution in [2.75, 3.05) is 18.4 Å². The van der Waals surface area contributed by atoms with Gasteiger partial charge in [0.15, 0.2) is 0 Å². The molecule has 130 valence electrons. The van der Waals surface area contributed by atoms with E-state index in [-0.39, 0.29) is 10.8 Å². The number of sulfonamides is 1. The Balaban J connectivity index is 1.56. The molecule has 24 heavy (non-hydrogen) atoms. The molecule has 3 rings (SSSR count). The fraction of sp³-hybridized carbons (Fsp3) is 0.529. The average Bonchev–Trinajstić information content (AvgIpc) is 2.54. The van der Waals surface area contributed by atoms with Gasteiger partial charge < -0.3 is 10.2 Å². The third-order valence-corrected chi connectivity index (χ3v) is 5.86. The highest BCUT2D eigenvalue weighted by atomic mass is 32.2. The van der Waals surface area contributed by atoms with Gasteiger partial charge in [-0.05, 0) is 37.3 Å². The maximum absolute atomic E-state index is 12.3. The number of anilines is 1. The Morgan fingerprint density at radius 1 is 1.38 bits per heavy atom. The topological polar surface area (TPSA) is 78.8 Å². The fourth-order valence-corrected chi connectivity index (χ4v) is 4.43. The molecular weight excluding hydrogens is 326 g/mol. The quantitative estimate of drug-likeness (QED) is 0.906. The lowest BCUT2D eigenvalue weighted by Gasteiger charge is -2.31. The Morgan fingerprint density at radius 2 is 2.17 bits per heavy atom. The first kappa shape index (κ1) is 17.0. The van der Waals surface area contributed by atoms with Crippen molar-refractivity contribution in [3.63, 3.8) is 0 Å². The van der Waals surface area contributed by atoms with Crippen molar-refractivity contribution in [3.8, 4) is 0 Å². The zero-order chi connectivity index (χ0) is 17.2. The molecule has 0 spiro atoms. The van der Waals surface area contributed by atoms with E-state index in [9.17, 15) is 13.2 Å². The number of carbonyl (C=O) groups excluding carboxylic acids is 1. The number of piperidine rings is 1. The van der Waals surface area contributed by atoms with Crippen LogP contribution in [0.15, 0.2) is 33.6 Å². The maximum Gasteiger partial charge on any atom is 0.286 e. The molecule has 1 saturated heterocycles. The number of para-hydroxylation sites is 1. The van der Waals surface area contributed by atoms with Gasteiger partial charge in [-0.3, -0.25) is 4.79 Å². The van der Waals surface area contributed by atoms with Crippen LogP contribution in [0.5, 0.6) is 0 Å². The first-order valence-corrected chi connectivity index (χ1v) is 9.87. The number of nitrogens with zero attached hydrogens (tertiary/aromatic N) is 2. The number of benzene rings is 1. The molecule has 1 N–H and O–H groups in total. The van der Waals surface area contributed by atoms with Gasteiger partial charge in [0.25, 0.3) is 10.0 Å². The summed E-state index contributed by atoms with van der Waals surface area (Å²) in [5.41, 5.74) is 0.554. The lowest BCUT2D eigenvalue weighted by Crippen LogP contribution is -2.39. The van der Waals surface area contributed by atoms with Crippen molar-refractivity contribution in [1.82, 2.24) is 4.90 Å². The van der Waals surface area contributed by atoms with Gasteiger partial charge >= 0.3 is 0 Å². The van der Waals surface area contributed by atoms with Crippen LogP contribution in [-0.2, 0) is 14.8 Å². The second-order valence-electron chi connectivity index (χ2n) is 6.57. The third kappa shape index (κ3) is 3.77. The number of hydrogen-bond donors (Lipinski definition) is 1. The number of hydrogen-bond acceptors (Lipinski definition) is 4. The van der Waals surface area contributed by atoms with Crippen molar-refractivity contribution in [1.29, 1.82) is 0 Å². The van der Waals surface area contributed by atoms with Gasteiger partial charge in [-0.25, -0.2) is 0 Å². The zero-order valence-electron chi connectivity index (χ0n) is 13.9. The molecule has 1 unspecified atom stereocenters. The SMILES string of the molecule is CC1CCCN(C(=O)CCCC2=NS(=O)(=O)c3ccccc3N2)C1. The average molecular weight is 349 g/mol. The molecule has 0 bridgehead atoms. The number of nitrogens with one attached hydrogen (secondary N) is 1. The van der Waals surface area contributed by atoms with Crippen molar-refractivity contribution in [2.45, 2.75) is 43.9 Å². The lowest BCUT2D eigenvalue weighted by molar-refractivity contribution is -0.132. The highest BCUT2D eigenvalue weighted by Gasteiger charge is 2.25. The number of carbonyl (C=O) groups is 1. The van der Waals surface area contributed by atoms with Gasteiger partial charge in [-0.2, -0.15) is 8.42 Å². The number of fused-ring (bicyclic) bond motifs is 1. The van der Waals surface area contributed by atoms with Gasteiger partial charge in [-0.15, -0.1) is 4.40 Å². The predicted molar refractivity (Wildman–Crippen MR) is 93.5 cm³/mol. The second-order valence-corrected chi connectivity index (χ2v) is 8.15. The summed E-state index contributed by atoms with van der Waals surface area (Å²) in [6, 6.07) is 6.73. The summed E-state index contributed by atoms with van der Waals surface area (Å²) in [7, 11) is -3.64. The summed E-state index contributed by atoms with van der Waals surface area (Å²) < 4.78 is 28.2. The van der Waals surface area contributed by atoms with Crippen LogP contribution < -0.4 is 5.32 Å². The Labute approximate surface area is 143 Å². The van der Waals surface area contributed by atoms with E-state index in [4.69, 9.17) is 0 Å².